The monoisotopic (exact) mass is 658 g/mol. The molecule has 45 heavy (non-hydrogen) atoms. The van der Waals surface area contributed by atoms with E-state index in [0.29, 0.717) is 40.2 Å². The number of aromatic amines is 1. The second kappa shape index (κ2) is 14.6. The number of amides is 3. The first-order valence-corrected chi connectivity index (χ1v) is 16.0. The molecule has 3 aromatic rings. The molecular formula is C33H40Cl2N4O6. The SMILES string of the molecule is CCC(C)[C@H](NC(=O)[C@@]1(NC(=O)[C@@H](NC(=O)OCc2ccccc2)[C@@H](C)CC)CCc2[nH]c3c(Cl)cc(Cl)cc3c2C1)C(=O)O. The summed E-state index contributed by atoms with van der Waals surface area (Å²) in [7, 11) is 0. The molecule has 5 atom stereocenters. The highest BCUT2D eigenvalue weighted by Gasteiger charge is 2.47. The Labute approximate surface area is 272 Å². The Kier molecular flexibility index (Phi) is 11.0. The Morgan fingerprint density at radius 1 is 1.00 bits per heavy atom. The van der Waals surface area contributed by atoms with E-state index in [1.807, 2.05) is 51.1 Å². The summed E-state index contributed by atoms with van der Waals surface area (Å²) in [4.78, 5) is 56.6. The molecule has 0 bridgehead atoms. The molecule has 0 fully saturated rings. The summed E-state index contributed by atoms with van der Waals surface area (Å²) in [6.07, 6.45) is 0.893. The Morgan fingerprint density at radius 2 is 1.67 bits per heavy atom. The molecule has 1 aliphatic carbocycles. The molecule has 3 amide bonds. The Morgan fingerprint density at radius 3 is 2.31 bits per heavy atom. The molecule has 1 aliphatic rings. The predicted octanol–water partition coefficient (Wildman–Crippen LogP) is 5.78. The molecule has 5 N–H and O–H groups in total. The number of hydrogen-bond donors (Lipinski definition) is 5. The van der Waals surface area contributed by atoms with Crippen molar-refractivity contribution in [3.63, 3.8) is 0 Å². The van der Waals surface area contributed by atoms with Gasteiger partial charge in [-0.3, -0.25) is 9.59 Å². The second-order valence-corrected chi connectivity index (χ2v) is 12.7. The highest BCUT2D eigenvalue weighted by molar-refractivity contribution is 6.38. The zero-order valence-electron chi connectivity index (χ0n) is 25.8. The van der Waals surface area contributed by atoms with E-state index >= 15 is 0 Å². The smallest absolute Gasteiger partial charge is 0.408 e. The van der Waals surface area contributed by atoms with Gasteiger partial charge < -0.3 is 30.8 Å². The topological polar surface area (TPSA) is 150 Å². The van der Waals surface area contributed by atoms with Gasteiger partial charge in [-0.25, -0.2) is 9.59 Å². The van der Waals surface area contributed by atoms with E-state index < -0.39 is 41.5 Å². The number of aliphatic carboxylic acids is 1. The zero-order valence-corrected chi connectivity index (χ0v) is 27.3. The summed E-state index contributed by atoms with van der Waals surface area (Å²) in [5, 5.41) is 19.8. The highest BCUT2D eigenvalue weighted by Crippen LogP contribution is 2.38. The molecule has 1 aromatic heterocycles. The summed E-state index contributed by atoms with van der Waals surface area (Å²) in [6, 6.07) is 10.3. The van der Waals surface area contributed by atoms with Gasteiger partial charge in [0.25, 0.3) is 0 Å². The molecular weight excluding hydrogens is 619 g/mol. The second-order valence-electron chi connectivity index (χ2n) is 11.9. The van der Waals surface area contributed by atoms with Gasteiger partial charge in [0, 0.05) is 22.5 Å². The number of carboxylic acids is 1. The fourth-order valence-electron chi connectivity index (χ4n) is 5.70. The standard InChI is InChI=1S/C33H40Cl2N4O6/c1-5-18(3)26(38-32(44)45-17-20-10-8-7-9-11-20)29(40)39-33(31(43)37-27(30(41)42)19(4)6-2)13-12-25-23(16-33)22-14-21(34)15-24(35)28(22)36-25/h7-11,14-15,18-19,26-27,36H,5-6,12-13,16-17H2,1-4H3,(H,37,43)(H,38,44)(H,39,40)(H,41,42)/t18-,19?,26-,27-,33+/m0/s1. The molecule has 242 valence electrons. The van der Waals surface area contributed by atoms with Crippen molar-refractivity contribution in [3.05, 3.63) is 69.3 Å². The van der Waals surface area contributed by atoms with Crippen LogP contribution >= 0.6 is 23.2 Å². The number of halogens is 2. The summed E-state index contributed by atoms with van der Waals surface area (Å²) in [5.74, 6) is -3.04. The van der Waals surface area contributed by atoms with Crippen molar-refractivity contribution in [2.75, 3.05) is 0 Å². The number of hydrogen-bond acceptors (Lipinski definition) is 5. The molecule has 0 saturated heterocycles. The van der Waals surface area contributed by atoms with E-state index in [1.165, 1.54) is 0 Å². The van der Waals surface area contributed by atoms with Gasteiger partial charge in [-0.1, -0.05) is 94.1 Å². The van der Waals surface area contributed by atoms with Crippen LogP contribution in [0.3, 0.4) is 0 Å². The first kappa shape index (κ1) is 34.1. The van der Waals surface area contributed by atoms with Crippen LogP contribution < -0.4 is 16.0 Å². The van der Waals surface area contributed by atoms with Gasteiger partial charge >= 0.3 is 12.1 Å². The quantitative estimate of drug-likeness (QED) is 0.167. The van der Waals surface area contributed by atoms with E-state index in [4.69, 9.17) is 27.9 Å². The maximum Gasteiger partial charge on any atom is 0.408 e. The lowest BCUT2D eigenvalue weighted by Gasteiger charge is -2.39. The van der Waals surface area contributed by atoms with Crippen molar-refractivity contribution in [3.8, 4) is 0 Å². The number of carbonyl (C=O) groups excluding carboxylic acids is 3. The lowest BCUT2D eigenvalue weighted by Crippen LogP contribution is -2.66. The minimum Gasteiger partial charge on any atom is -0.480 e. The first-order valence-electron chi connectivity index (χ1n) is 15.2. The van der Waals surface area contributed by atoms with Gasteiger partial charge in [-0.2, -0.15) is 0 Å². The molecule has 4 rings (SSSR count). The third-order valence-electron chi connectivity index (χ3n) is 8.84. The van der Waals surface area contributed by atoms with Crippen LogP contribution in [0.2, 0.25) is 10.0 Å². The fourth-order valence-corrected chi connectivity index (χ4v) is 6.24. The van der Waals surface area contributed by atoms with E-state index in [0.717, 1.165) is 16.8 Å². The number of carbonyl (C=O) groups is 4. The molecule has 2 aromatic carbocycles. The van der Waals surface area contributed by atoms with E-state index in [9.17, 15) is 24.3 Å². The third kappa shape index (κ3) is 7.73. The van der Waals surface area contributed by atoms with Crippen molar-refractivity contribution in [2.45, 2.75) is 84.0 Å². The Balaban J connectivity index is 1.66. The van der Waals surface area contributed by atoms with Gasteiger partial charge in [0.2, 0.25) is 11.8 Å². The number of rotatable bonds is 12. The third-order valence-corrected chi connectivity index (χ3v) is 9.36. The molecule has 0 spiro atoms. The molecule has 1 heterocycles. The minimum atomic E-state index is -1.53. The number of aryl methyl sites for hydroxylation is 1. The first-order chi connectivity index (χ1) is 21.4. The minimum absolute atomic E-state index is 0.0223. The van der Waals surface area contributed by atoms with E-state index in [-0.39, 0.29) is 31.3 Å². The lowest BCUT2D eigenvalue weighted by molar-refractivity contribution is -0.145. The van der Waals surface area contributed by atoms with Gasteiger partial charge in [-0.05, 0) is 47.9 Å². The Bertz CT molecular complexity index is 1560. The highest BCUT2D eigenvalue weighted by atomic mass is 35.5. The molecule has 0 saturated carbocycles. The number of ether oxygens (including phenoxy) is 1. The molecule has 12 heteroatoms. The van der Waals surface area contributed by atoms with Gasteiger partial charge in [0.15, 0.2) is 0 Å². The lowest BCUT2D eigenvalue weighted by atomic mass is 9.78. The average Bonchev–Trinajstić information content (AvgIpc) is 3.38. The number of aromatic nitrogens is 1. The number of alkyl carbamates (subject to hydrolysis) is 1. The maximum absolute atomic E-state index is 14.2. The van der Waals surface area contributed by atoms with Crippen LogP contribution in [-0.2, 0) is 38.6 Å². The van der Waals surface area contributed by atoms with Crippen LogP contribution in [0.1, 0.15) is 63.8 Å². The van der Waals surface area contributed by atoms with E-state index in [2.05, 4.69) is 20.9 Å². The van der Waals surface area contributed by atoms with Crippen molar-refractivity contribution < 1.29 is 29.0 Å². The largest absolute Gasteiger partial charge is 0.480 e. The van der Waals surface area contributed by atoms with Crippen molar-refractivity contribution in [2.24, 2.45) is 11.8 Å². The molecule has 0 aliphatic heterocycles. The number of fused-ring (bicyclic) bond motifs is 3. The maximum atomic E-state index is 14.2. The van der Waals surface area contributed by atoms with Crippen LogP contribution in [0.25, 0.3) is 10.9 Å². The molecule has 10 nitrogen and oxygen atoms in total. The van der Waals surface area contributed by atoms with Crippen molar-refractivity contribution in [1.29, 1.82) is 0 Å². The van der Waals surface area contributed by atoms with Crippen LogP contribution in [0.5, 0.6) is 0 Å². The number of carboxylic acid groups (broad SMARTS) is 1. The summed E-state index contributed by atoms with van der Waals surface area (Å²) in [6.45, 7) is 7.32. The van der Waals surface area contributed by atoms with Crippen LogP contribution in [-0.4, -0.2) is 51.6 Å². The number of benzene rings is 2. The number of H-pyrrole nitrogens is 1. The Hall–Kier alpha value is -3.76. The van der Waals surface area contributed by atoms with Gasteiger partial charge in [-0.15, -0.1) is 0 Å². The van der Waals surface area contributed by atoms with Gasteiger partial charge in [0.1, 0.15) is 24.2 Å². The summed E-state index contributed by atoms with van der Waals surface area (Å²) in [5.41, 5.74) is 1.53. The van der Waals surface area contributed by atoms with Crippen molar-refractivity contribution in [1.82, 2.24) is 20.9 Å². The summed E-state index contributed by atoms with van der Waals surface area (Å²) >= 11 is 12.8. The van der Waals surface area contributed by atoms with Crippen LogP contribution in [0, 0.1) is 11.8 Å². The van der Waals surface area contributed by atoms with Crippen LogP contribution in [0.15, 0.2) is 42.5 Å². The van der Waals surface area contributed by atoms with Gasteiger partial charge in [0.05, 0.1) is 10.5 Å². The zero-order chi connectivity index (χ0) is 32.9. The average molecular weight is 660 g/mol. The number of nitrogens with one attached hydrogen (secondary N) is 4. The summed E-state index contributed by atoms with van der Waals surface area (Å²) < 4.78 is 5.39. The van der Waals surface area contributed by atoms with Crippen LogP contribution in [0.4, 0.5) is 4.79 Å². The predicted molar refractivity (Wildman–Crippen MR) is 173 cm³/mol. The normalized spacial score (nSPS) is 18.6. The van der Waals surface area contributed by atoms with Crippen molar-refractivity contribution >= 4 is 58.0 Å². The van der Waals surface area contributed by atoms with E-state index in [1.54, 1.807) is 19.1 Å². The molecule has 0 radical (unpaired) electrons. The molecule has 1 unspecified atom stereocenters. The fraction of sp³-hybridized carbons (Fsp3) is 0.455.